The average Bonchev–Trinajstić information content (AvgIpc) is 2.80. The summed E-state index contributed by atoms with van der Waals surface area (Å²) < 4.78 is 5.24. The van der Waals surface area contributed by atoms with Gasteiger partial charge in [-0.25, -0.2) is 0 Å². The summed E-state index contributed by atoms with van der Waals surface area (Å²) in [6, 6.07) is 0. The summed E-state index contributed by atoms with van der Waals surface area (Å²) in [6.45, 7) is 7.16. The lowest BCUT2D eigenvalue weighted by atomic mass is 9.89. The number of Topliss-reactive ketones (excluding diaryl/α,β-unsaturated/α-hetero) is 1. The molecule has 2 rings (SSSR count). The Bertz CT molecular complexity index is 406. The third-order valence-corrected chi connectivity index (χ3v) is 3.56. The molecular weight excluding hydrogens is 218 g/mol. The number of hydrogen-bond donors (Lipinski definition) is 1. The van der Waals surface area contributed by atoms with Crippen molar-refractivity contribution in [1.29, 1.82) is 0 Å². The second-order valence-corrected chi connectivity index (χ2v) is 5.16. The number of rotatable bonds is 3. The van der Waals surface area contributed by atoms with E-state index in [1.165, 1.54) is 0 Å². The molecule has 1 fully saturated rings. The number of ketones is 1. The summed E-state index contributed by atoms with van der Waals surface area (Å²) in [4.78, 5) is 15.9. The van der Waals surface area contributed by atoms with Crippen molar-refractivity contribution >= 4 is 5.78 Å². The van der Waals surface area contributed by atoms with E-state index in [0.29, 0.717) is 11.8 Å². The van der Waals surface area contributed by atoms with Crippen LogP contribution in [0.15, 0.2) is 4.52 Å². The zero-order valence-electron chi connectivity index (χ0n) is 10.6. The molecule has 1 aromatic heterocycles. The monoisotopic (exact) mass is 237 g/mol. The Balaban J connectivity index is 2.17. The standard InChI is InChI=1S/C12H19N3O2/c1-8(16)12(2,3)11-14-10(15-17-11)9-4-6-13-7-5-9/h9,13H,4-7H2,1-3H3. The van der Waals surface area contributed by atoms with Gasteiger partial charge in [0, 0.05) is 5.92 Å². The maximum absolute atomic E-state index is 11.5. The Morgan fingerprint density at radius 1 is 1.41 bits per heavy atom. The highest BCUT2D eigenvalue weighted by Crippen LogP contribution is 2.27. The van der Waals surface area contributed by atoms with Crippen molar-refractivity contribution in [2.45, 2.75) is 44.9 Å². The summed E-state index contributed by atoms with van der Waals surface area (Å²) in [6.07, 6.45) is 2.05. The predicted octanol–water partition coefficient (Wildman–Crippen LogP) is 1.40. The van der Waals surface area contributed by atoms with Gasteiger partial charge in [0.05, 0.1) is 0 Å². The van der Waals surface area contributed by atoms with Gasteiger partial charge in [-0.2, -0.15) is 4.98 Å². The number of carbonyl (C=O) groups excluding carboxylic acids is 1. The van der Waals surface area contributed by atoms with E-state index in [1.54, 1.807) is 6.92 Å². The van der Waals surface area contributed by atoms with Gasteiger partial charge in [0.25, 0.3) is 0 Å². The number of nitrogens with zero attached hydrogens (tertiary/aromatic N) is 2. The van der Waals surface area contributed by atoms with Crippen molar-refractivity contribution in [2.24, 2.45) is 0 Å². The van der Waals surface area contributed by atoms with Gasteiger partial charge < -0.3 is 9.84 Å². The molecule has 0 spiro atoms. The minimum Gasteiger partial charge on any atom is -0.338 e. The molecule has 0 unspecified atom stereocenters. The molecular formula is C12H19N3O2. The Hall–Kier alpha value is -1.23. The van der Waals surface area contributed by atoms with Gasteiger partial charge in [0.15, 0.2) is 5.82 Å². The molecule has 0 aromatic carbocycles. The van der Waals surface area contributed by atoms with Crippen molar-refractivity contribution < 1.29 is 9.32 Å². The van der Waals surface area contributed by atoms with Crippen LogP contribution in [0, 0.1) is 0 Å². The van der Waals surface area contributed by atoms with Crippen molar-refractivity contribution in [3.05, 3.63) is 11.7 Å². The second kappa shape index (κ2) is 4.56. The highest BCUT2D eigenvalue weighted by Gasteiger charge is 2.33. The zero-order valence-corrected chi connectivity index (χ0v) is 10.6. The molecule has 0 atom stereocenters. The van der Waals surface area contributed by atoms with Crippen LogP contribution in [0.5, 0.6) is 0 Å². The molecule has 1 N–H and O–H groups in total. The molecule has 1 saturated heterocycles. The van der Waals surface area contributed by atoms with Gasteiger partial charge in [-0.1, -0.05) is 5.16 Å². The topological polar surface area (TPSA) is 68.0 Å². The van der Waals surface area contributed by atoms with Gasteiger partial charge in [-0.3, -0.25) is 4.79 Å². The molecule has 5 heteroatoms. The molecule has 0 bridgehead atoms. The SMILES string of the molecule is CC(=O)C(C)(C)c1nc(C2CCNCC2)no1. The third-order valence-electron chi connectivity index (χ3n) is 3.56. The van der Waals surface area contributed by atoms with Crippen LogP contribution in [0.3, 0.4) is 0 Å². The molecule has 0 radical (unpaired) electrons. The highest BCUT2D eigenvalue weighted by atomic mass is 16.5. The smallest absolute Gasteiger partial charge is 0.239 e. The largest absolute Gasteiger partial charge is 0.338 e. The average molecular weight is 237 g/mol. The molecule has 1 aromatic rings. The third kappa shape index (κ3) is 2.39. The molecule has 5 nitrogen and oxygen atoms in total. The van der Waals surface area contributed by atoms with Crippen LogP contribution < -0.4 is 5.32 Å². The summed E-state index contributed by atoms with van der Waals surface area (Å²) in [5.74, 6) is 1.57. The molecule has 0 amide bonds. The first kappa shape index (κ1) is 12.2. The summed E-state index contributed by atoms with van der Waals surface area (Å²) in [5.41, 5.74) is -0.682. The fourth-order valence-corrected chi connectivity index (χ4v) is 1.89. The van der Waals surface area contributed by atoms with Crippen LogP contribution >= 0.6 is 0 Å². The van der Waals surface area contributed by atoms with Gasteiger partial charge in [-0.15, -0.1) is 0 Å². The Morgan fingerprint density at radius 3 is 2.65 bits per heavy atom. The van der Waals surface area contributed by atoms with Crippen LogP contribution in [0.1, 0.15) is 51.2 Å². The molecule has 17 heavy (non-hydrogen) atoms. The number of hydrogen-bond acceptors (Lipinski definition) is 5. The lowest BCUT2D eigenvalue weighted by Gasteiger charge is -2.19. The van der Waals surface area contributed by atoms with Gasteiger partial charge >= 0.3 is 0 Å². The normalized spacial score (nSPS) is 18.3. The van der Waals surface area contributed by atoms with Crippen LogP contribution in [0.4, 0.5) is 0 Å². The molecule has 0 saturated carbocycles. The van der Waals surface area contributed by atoms with E-state index in [2.05, 4.69) is 15.5 Å². The van der Waals surface area contributed by atoms with Crippen LogP contribution in [0.2, 0.25) is 0 Å². The van der Waals surface area contributed by atoms with E-state index in [0.717, 1.165) is 31.8 Å². The van der Waals surface area contributed by atoms with E-state index >= 15 is 0 Å². The minimum atomic E-state index is -0.682. The fourth-order valence-electron chi connectivity index (χ4n) is 1.89. The maximum Gasteiger partial charge on any atom is 0.239 e. The van der Waals surface area contributed by atoms with Gasteiger partial charge in [0.1, 0.15) is 11.2 Å². The van der Waals surface area contributed by atoms with Gasteiger partial charge in [-0.05, 0) is 46.7 Å². The molecule has 94 valence electrons. The van der Waals surface area contributed by atoms with Crippen LogP contribution in [-0.4, -0.2) is 29.0 Å². The molecule has 2 heterocycles. The van der Waals surface area contributed by atoms with Crippen molar-refractivity contribution in [3.8, 4) is 0 Å². The van der Waals surface area contributed by atoms with Crippen LogP contribution in [-0.2, 0) is 10.2 Å². The quantitative estimate of drug-likeness (QED) is 0.860. The first-order chi connectivity index (χ1) is 8.01. The first-order valence-corrected chi connectivity index (χ1v) is 6.07. The lowest BCUT2D eigenvalue weighted by molar-refractivity contribution is -0.122. The molecule has 1 aliphatic rings. The Kier molecular flexibility index (Phi) is 3.28. The van der Waals surface area contributed by atoms with Crippen molar-refractivity contribution in [3.63, 3.8) is 0 Å². The summed E-state index contributed by atoms with van der Waals surface area (Å²) in [5, 5.41) is 7.32. The number of nitrogens with one attached hydrogen (secondary N) is 1. The summed E-state index contributed by atoms with van der Waals surface area (Å²) >= 11 is 0. The minimum absolute atomic E-state index is 0.0398. The maximum atomic E-state index is 11.5. The highest BCUT2D eigenvalue weighted by molar-refractivity contribution is 5.85. The lowest BCUT2D eigenvalue weighted by Crippen LogP contribution is -2.28. The van der Waals surface area contributed by atoms with E-state index in [1.807, 2.05) is 13.8 Å². The van der Waals surface area contributed by atoms with E-state index in [9.17, 15) is 4.79 Å². The predicted molar refractivity (Wildman–Crippen MR) is 62.8 cm³/mol. The van der Waals surface area contributed by atoms with E-state index in [4.69, 9.17) is 4.52 Å². The second-order valence-electron chi connectivity index (χ2n) is 5.16. The van der Waals surface area contributed by atoms with Crippen molar-refractivity contribution in [2.75, 3.05) is 13.1 Å². The van der Waals surface area contributed by atoms with E-state index < -0.39 is 5.41 Å². The summed E-state index contributed by atoms with van der Waals surface area (Å²) in [7, 11) is 0. The number of aromatic nitrogens is 2. The Morgan fingerprint density at radius 2 is 2.06 bits per heavy atom. The Labute approximate surface area is 101 Å². The molecule has 0 aliphatic carbocycles. The van der Waals surface area contributed by atoms with Crippen molar-refractivity contribution in [1.82, 2.24) is 15.5 Å². The fraction of sp³-hybridized carbons (Fsp3) is 0.750. The molecule has 1 aliphatic heterocycles. The van der Waals surface area contributed by atoms with Gasteiger partial charge in [0.2, 0.25) is 5.89 Å². The number of carbonyl (C=O) groups is 1. The first-order valence-electron chi connectivity index (χ1n) is 6.07. The zero-order chi connectivity index (χ0) is 12.5. The van der Waals surface area contributed by atoms with E-state index in [-0.39, 0.29) is 5.78 Å². The van der Waals surface area contributed by atoms with Crippen LogP contribution in [0.25, 0.3) is 0 Å². The number of piperidine rings is 1.